The van der Waals surface area contributed by atoms with Crippen molar-refractivity contribution in [3.63, 3.8) is 0 Å². The number of benzene rings is 1. The van der Waals surface area contributed by atoms with E-state index in [1.807, 2.05) is 17.5 Å². The maximum atomic E-state index is 12.8. The van der Waals surface area contributed by atoms with Gasteiger partial charge in [0.1, 0.15) is 5.82 Å². The smallest absolute Gasteiger partial charge is 0.330 e. The van der Waals surface area contributed by atoms with Crippen LogP contribution in [0.4, 0.5) is 4.39 Å². The quantitative estimate of drug-likeness (QED) is 0.501. The van der Waals surface area contributed by atoms with Gasteiger partial charge in [0.25, 0.3) is 0 Å². The number of hydrogen-bond acceptors (Lipinski definition) is 7. The zero-order valence-corrected chi connectivity index (χ0v) is 13.1. The molecule has 122 valence electrons. The van der Waals surface area contributed by atoms with Crippen LogP contribution in [-0.2, 0) is 16.1 Å². The molecule has 0 saturated heterocycles. The summed E-state index contributed by atoms with van der Waals surface area (Å²) in [4.78, 5) is 25.5. The van der Waals surface area contributed by atoms with Gasteiger partial charge in [0, 0.05) is 5.56 Å². The minimum atomic E-state index is -0.666. The Morgan fingerprint density at radius 1 is 1.21 bits per heavy atom. The Hall–Kier alpha value is -2.94. The number of thiophene rings is 1. The number of nitrogens with zero attached hydrogens (tertiary/aromatic N) is 4. The molecule has 0 unspecified atom stereocenters. The molecule has 0 spiro atoms. The van der Waals surface area contributed by atoms with Gasteiger partial charge in [-0.15, -0.1) is 21.5 Å². The maximum absolute atomic E-state index is 12.8. The van der Waals surface area contributed by atoms with E-state index >= 15 is 0 Å². The number of tetrazole rings is 1. The van der Waals surface area contributed by atoms with Crippen molar-refractivity contribution in [1.82, 2.24) is 20.2 Å². The standard InChI is InChI=1S/C15H11FN4O3S/c16-11-5-3-10(4-6-11)12(21)9-23-14(22)8-20-18-15(17-19-20)13-2-1-7-24-13/h1-7H,8-9H2. The molecule has 0 fully saturated rings. The normalized spacial score (nSPS) is 10.5. The largest absolute Gasteiger partial charge is 0.456 e. The predicted octanol–water partition coefficient (Wildman–Crippen LogP) is 1.97. The third-order valence-corrected chi connectivity index (χ3v) is 3.86. The molecule has 0 amide bonds. The van der Waals surface area contributed by atoms with Crippen LogP contribution in [0.25, 0.3) is 10.7 Å². The number of halogens is 1. The summed E-state index contributed by atoms with van der Waals surface area (Å²) in [5.41, 5.74) is 0.267. The number of hydrogen-bond donors (Lipinski definition) is 0. The summed E-state index contributed by atoms with van der Waals surface area (Å²) in [6.07, 6.45) is 0. The zero-order chi connectivity index (χ0) is 16.9. The summed E-state index contributed by atoms with van der Waals surface area (Å²) in [7, 11) is 0. The van der Waals surface area contributed by atoms with Crippen molar-refractivity contribution in [3.05, 3.63) is 53.2 Å². The lowest BCUT2D eigenvalue weighted by atomic mass is 10.1. The number of Topliss-reactive ketones (excluding diaryl/α,β-unsaturated/α-hetero) is 1. The Morgan fingerprint density at radius 2 is 2.00 bits per heavy atom. The minimum Gasteiger partial charge on any atom is -0.456 e. The van der Waals surface area contributed by atoms with Gasteiger partial charge in [0.2, 0.25) is 5.82 Å². The van der Waals surface area contributed by atoms with Crippen molar-refractivity contribution in [2.75, 3.05) is 6.61 Å². The van der Waals surface area contributed by atoms with Crippen molar-refractivity contribution in [3.8, 4) is 10.7 Å². The van der Waals surface area contributed by atoms with Crippen LogP contribution in [0.5, 0.6) is 0 Å². The summed E-state index contributed by atoms with van der Waals surface area (Å²) in [6.45, 7) is -0.688. The number of esters is 1. The second kappa shape index (κ2) is 7.09. The minimum absolute atomic E-state index is 0.255. The molecule has 7 nitrogen and oxygen atoms in total. The van der Waals surface area contributed by atoms with Gasteiger partial charge in [-0.05, 0) is 40.9 Å². The van der Waals surface area contributed by atoms with Gasteiger partial charge in [0.05, 0.1) is 4.88 Å². The number of rotatable bonds is 6. The highest BCUT2D eigenvalue weighted by atomic mass is 32.1. The van der Waals surface area contributed by atoms with E-state index in [4.69, 9.17) is 4.74 Å². The molecule has 9 heteroatoms. The van der Waals surface area contributed by atoms with Gasteiger partial charge in [-0.2, -0.15) is 4.80 Å². The molecule has 0 bridgehead atoms. The molecule has 0 aliphatic rings. The molecule has 24 heavy (non-hydrogen) atoms. The second-order valence-electron chi connectivity index (χ2n) is 4.71. The lowest BCUT2D eigenvalue weighted by Gasteiger charge is -2.03. The summed E-state index contributed by atoms with van der Waals surface area (Å²) >= 11 is 1.46. The van der Waals surface area contributed by atoms with E-state index in [1.54, 1.807) is 0 Å². The summed E-state index contributed by atoms with van der Waals surface area (Å²) in [6, 6.07) is 8.69. The Morgan fingerprint density at radius 3 is 2.71 bits per heavy atom. The van der Waals surface area contributed by atoms with Crippen LogP contribution < -0.4 is 0 Å². The number of ketones is 1. The van der Waals surface area contributed by atoms with Crippen LogP contribution in [0.1, 0.15) is 10.4 Å². The first-order valence-electron chi connectivity index (χ1n) is 6.88. The van der Waals surface area contributed by atoms with Gasteiger partial charge in [0.15, 0.2) is 18.9 Å². The molecular formula is C15H11FN4O3S. The average molecular weight is 346 g/mol. The lowest BCUT2D eigenvalue weighted by Crippen LogP contribution is -2.19. The molecule has 0 atom stereocenters. The molecule has 3 aromatic rings. The van der Waals surface area contributed by atoms with E-state index < -0.39 is 24.2 Å². The average Bonchev–Trinajstić information content (AvgIpc) is 3.24. The van der Waals surface area contributed by atoms with E-state index in [2.05, 4.69) is 15.4 Å². The molecule has 2 aromatic heterocycles. The molecular weight excluding hydrogens is 335 g/mol. The monoisotopic (exact) mass is 346 g/mol. The Balaban J connectivity index is 1.52. The number of ether oxygens (including phenoxy) is 1. The lowest BCUT2D eigenvalue weighted by molar-refractivity contribution is -0.143. The van der Waals surface area contributed by atoms with Crippen LogP contribution in [0, 0.1) is 5.82 Å². The van der Waals surface area contributed by atoms with Gasteiger partial charge < -0.3 is 4.74 Å². The van der Waals surface area contributed by atoms with Crippen LogP contribution in [0.2, 0.25) is 0 Å². The second-order valence-corrected chi connectivity index (χ2v) is 5.66. The van der Waals surface area contributed by atoms with Gasteiger partial charge in [-0.25, -0.2) is 9.18 Å². The Kier molecular flexibility index (Phi) is 4.71. The highest BCUT2D eigenvalue weighted by molar-refractivity contribution is 7.13. The fourth-order valence-electron chi connectivity index (χ4n) is 1.84. The molecule has 0 aliphatic heterocycles. The van der Waals surface area contributed by atoms with Crippen LogP contribution in [-0.4, -0.2) is 38.6 Å². The van der Waals surface area contributed by atoms with Crippen LogP contribution in [0.3, 0.4) is 0 Å². The molecule has 0 radical (unpaired) electrons. The van der Waals surface area contributed by atoms with E-state index in [1.165, 1.54) is 35.6 Å². The van der Waals surface area contributed by atoms with Gasteiger partial charge in [-0.3, -0.25) is 4.79 Å². The van der Waals surface area contributed by atoms with E-state index in [9.17, 15) is 14.0 Å². The van der Waals surface area contributed by atoms with Crippen molar-refractivity contribution in [2.24, 2.45) is 0 Å². The van der Waals surface area contributed by atoms with Crippen molar-refractivity contribution in [1.29, 1.82) is 0 Å². The first kappa shape index (κ1) is 15.9. The molecule has 0 aliphatic carbocycles. The topological polar surface area (TPSA) is 87.0 Å². The molecule has 2 heterocycles. The van der Waals surface area contributed by atoms with E-state index in [0.29, 0.717) is 5.82 Å². The SMILES string of the molecule is O=C(Cn1nnc(-c2cccs2)n1)OCC(=O)c1ccc(F)cc1. The predicted molar refractivity (Wildman–Crippen MR) is 82.8 cm³/mol. The molecule has 3 rings (SSSR count). The molecule has 0 N–H and O–H groups in total. The zero-order valence-electron chi connectivity index (χ0n) is 12.3. The fraction of sp³-hybridized carbons (Fsp3) is 0.133. The molecule has 1 aromatic carbocycles. The van der Waals surface area contributed by atoms with Crippen LogP contribution >= 0.6 is 11.3 Å². The highest BCUT2D eigenvalue weighted by Gasteiger charge is 2.13. The van der Waals surface area contributed by atoms with Crippen LogP contribution in [0.15, 0.2) is 41.8 Å². The third-order valence-electron chi connectivity index (χ3n) is 3.00. The highest BCUT2D eigenvalue weighted by Crippen LogP contribution is 2.19. The third kappa shape index (κ3) is 3.87. The Bertz CT molecular complexity index is 846. The summed E-state index contributed by atoms with van der Waals surface area (Å²) < 4.78 is 17.7. The Labute approximate surface area is 139 Å². The van der Waals surface area contributed by atoms with Crippen molar-refractivity contribution < 1.29 is 18.7 Å². The number of aromatic nitrogens is 4. The summed E-state index contributed by atoms with van der Waals surface area (Å²) in [5.74, 6) is -1.11. The number of carbonyl (C=O) groups excluding carboxylic acids is 2. The van der Waals surface area contributed by atoms with Gasteiger partial charge >= 0.3 is 5.97 Å². The number of carbonyl (C=O) groups is 2. The summed E-state index contributed by atoms with van der Waals surface area (Å²) in [5, 5.41) is 13.6. The van der Waals surface area contributed by atoms with Crippen molar-refractivity contribution >= 4 is 23.1 Å². The first-order valence-corrected chi connectivity index (χ1v) is 7.76. The fourth-order valence-corrected chi connectivity index (χ4v) is 2.49. The van der Waals surface area contributed by atoms with Gasteiger partial charge in [-0.1, -0.05) is 6.07 Å². The first-order chi connectivity index (χ1) is 11.6. The van der Waals surface area contributed by atoms with E-state index in [0.717, 1.165) is 9.67 Å². The maximum Gasteiger partial charge on any atom is 0.330 e. The van der Waals surface area contributed by atoms with Crippen molar-refractivity contribution in [2.45, 2.75) is 6.54 Å². The molecule has 0 saturated carbocycles. The van der Waals surface area contributed by atoms with E-state index in [-0.39, 0.29) is 12.1 Å².